The third-order valence-electron chi connectivity index (χ3n) is 4.75. The zero-order valence-corrected chi connectivity index (χ0v) is 12.4. The second kappa shape index (κ2) is 5.22. The van der Waals surface area contributed by atoms with Gasteiger partial charge < -0.3 is 15.7 Å². The van der Waals surface area contributed by atoms with Crippen LogP contribution in [0.15, 0.2) is 0 Å². The Hall–Kier alpha value is -0.750. The molecule has 0 spiro atoms. The van der Waals surface area contributed by atoms with Crippen molar-refractivity contribution in [1.82, 2.24) is 4.90 Å². The summed E-state index contributed by atoms with van der Waals surface area (Å²) in [6.07, 6.45) is 6.64. The van der Waals surface area contributed by atoms with Gasteiger partial charge in [0.25, 0.3) is 0 Å². The fourth-order valence-electron chi connectivity index (χ4n) is 3.37. The van der Waals surface area contributed by atoms with E-state index in [1.807, 2.05) is 0 Å². The first-order chi connectivity index (χ1) is 9.53. The van der Waals surface area contributed by atoms with Crippen molar-refractivity contribution in [1.29, 1.82) is 0 Å². The minimum Gasteiger partial charge on any atom is -0.480 e. The van der Waals surface area contributed by atoms with Gasteiger partial charge in [-0.3, -0.25) is 4.79 Å². The SMILES string of the molecule is NC1(C(=O)N2C(C(=O)O)CSC2C2CC2)CCCCC1. The maximum atomic E-state index is 12.9. The molecular formula is C14H22N2O3S. The minimum absolute atomic E-state index is 0.0333. The maximum Gasteiger partial charge on any atom is 0.327 e. The third kappa shape index (κ3) is 2.44. The van der Waals surface area contributed by atoms with E-state index in [1.54, 1.807) is 16.7 Å². The molecule has 0 bridgehead atoms. The van der Waals surface area contributed by atoms with Gasteiger partial charge in [0.1, 0.15) is 6.04 Å². The van der Waals surface area contributed by atoms with E-state index < -0.39 is 17.6 Å². The van der Waals surface area contributed by atoms with Crippen molar-refractivity contribution in [2.24, 2.45) is 11.7 Å². The van der Waals surface area contributed by atoms with Crippen LogP contribution in [0.1, 0.15) is 44.9 Å². The molecule has 0 aromatic heterocycles. The average Bonchev–Trinajstić information content (AvgIpc) is 3.17. The molecule has 1 amide bonds. The Kier molecular flexibility index (Phi) is 3.71. The molecule has 6 heteroatoms. The summed E-state index contributed by atoms with van der Waals surface area (Å²) >= 11 is 1.62. The van der Waals surface area contributed by atoms with Crippen LogP contribution in [0.25, 0.3) is 0 Å². The van der Waals surface area contributed by atoms with Crippen LogP contribution in [0.4, 0.5) is 0 Å². The predicted octanol–water partition coefficient (Wildman–Crippen LogP) is 1.41. The lowest BCUT2D eigenvalue weighted by molar-refractivity contribution is -0.152. The summed E-state index contributed by atoms with van der Waals surface area (Å²) in [7, 11) is 0. The van der Waals surface area contributed by atoms with Crippen LogP contribution < -0.4 is 5.73 Å². The molecule has 1 aliphatic heterocycles. The Bertz CT molecular complexity index is 419. The highest BCUT2D eigenvalue weighted by atomic mass is 32.2. The van der Waals surface area contributed by atoms with Gasteiger partial charge in [-0.1, -0.05) is 19.3 Å². The average molecular weight is 298 g/mol. The summed E-state index contributed by atoms with van der Waals surface area (Å²) in [4.78, 5) is 26.0. The smallest absolute Gasteiger partial charge is 0.327 e. The molecule has 112 valence electrons. The highest BCUT2D eigenvalue weighted by Gasteiger charge is 2.52. The molecule has 2 aliphatic carbocycles. The summed E-state index contributed by atoms with van der Waals surface area (Å²) in [5, 5.41) is 9.42. The minimum atomic E-state index is -0.895. The van der Waals surface area contributed by atoms with E-state index in [4.69, 9.17) is 5.73 Å². The van der Waals surface area contributed by atoms with Crippen LogP contribution in [0.5, 0.6) is 0 Å². The van der Waals surface area contributed by atoms with Crippen molar-refractivity contribution in [3.63, 3.8) is 0 Å². The number of aliphatic carboxylic acids is 1. The Morgan fingerprint density at radius 1 is 1.20 bits per heavy atom. The molecular weight excluding hydrogens is 276 g/mol. The second-order valence-electron chi connectivity index (χ2n) is 6.34. The molecule has 3 fully saturated rings. The van der Waals surface area contributed by atoms with E-state index in [-0.39, 0.29) is 11.3 Å². The Morgan fingerprint density at radius 3 is 2.40 bits per heavy atom. The number of carboxylic acids is 1. The van der Waals surface area contributed by atoms with Crippen LogP contribution in [0.2, 0.25) is 0 Å². The van der Waals surface area contributed by atoms with Crippen molar-refractivity contribution >= 4 is 23.6 Å². The van der Waals surface area contributed by atoms with Gasteiger partial charge in [-0.25, -0.2) is 4.79 Å². The number of rotatable bonds is 3. The molecule has 0 radical (unpaired) electrons. The van der Waals surface area contributed by atoms with Crippen LogP contribution >= 0.6 is 11.8 Å². The molecule has 1 saturated heterocycles. The van der Waals surface area contributed by atoms with E-state index in [9.17, 15) is 14.7 Å². The third-order valence-corrected chi connectivity index (χ3v) is 6.21. The summed E-state index contributed by atoms with van der Waals surface area (Å²) in [6.45, 7) is 0. The van der Waals surface area contributed by atoms with E-state index in [1.165, 1.54) is 0 Å². The van der Waals surface area contributed by atoms with Crippen molar-refractivity contribution in [2.75, 3.05) is 5.75 Å². The number of carboxylic acid groups (broad SMARTS) is 1. The Morgan fingerprint density at radius 2 is 1.85 bits per heavy atom. The summed E-state index contributed by atoms with van der Waals surface area (Å²) in [5.74, 6) is -0.0430. The monoisotopic (exact) mass is 298 g/mol. The first kappa shape index (κ1) is 14.2. The lowest BCUT2D eigenvalue weighted by Crippen LogP contribution is -2.60. The number of nitrogens with zero attached hydrogens (tertiary/aromatic N) is 1. The zero-order valence-electron chi connectivity index (χ0n) is 11.6. The Balaban J connectivity index is 1.83. The molecule has 5 nitrogen and oxygen atoms in total. The fraction of sp³-hybridized carbons (Fsp3) is 0.857. The molecule has 2 unspecified atom stereocenters. The topological polar surface area (TPSA) is 83.6 Å². The van der Waals surface area contributed by atoms with Gasteiger partial charge in [0.05, 0.1) is 10.9 Å². The second-order valence-corrected chi connectivity index (χ2v) is 7.49. The zero-order chi connectivity index (χ0) is 14.3. The number of amides is 1. The van der Waals surface area contributed by atoms with Gasteiger partial charge in [0, 0.05) is 5.75 Å². The van der Waals surface area contributed by atoms with Crippen molar-refractivity contribution in [3.05, 3.63) is 0 Å². The molecule has 3 N–H and O–H groups in total. The number of hydrogen-bond donors (Lipinski definition) is 2. The predicted molar refractivity (Wildman–Crippen MR) is 77.2 cm³/mol. The molecule has 1 heterocycles. The van der Waals surface area contributed by atoms with Gasteiger partial charge in [0.2, 0.25) is 5.91 Å². The number of hydrogen-bond acceptors (Lipinski definition) is 4. The van der Waals surface area contributed by atoms with E-state index in [0.717, 1.165) is 32.1 Å². The number of carbonyl (C=O) groups is 2. The normalized spacial score (nSPS) is 33.1. The molecule has 0 aromatic carbocycles. The number of nitrogens with two attached hydrogens (primary N) is 1. The van der Waals surface area contributed by atoms with E-state index in [2.05, 4.69) is 0 Å². The molecule has 20 heavy (non-hydrogen) atoms. The van der Waals surface area contributed by atoms with Crippen molar-refractivity contribution in [2.45, 2.75) is 61.9 Å². The van der Waals surface area contributed by atoms with Gasteiger partial charge >= 0.3 is 5.97 Å². The lowest BCUT2D eigenvalue weighted by atomic mass is 9.81. The van der Waals surface area contributed by atoms with Gasteiger partial charge in [-0.15, -0.1) is 11.8 Å². The molecule has 0 aromatic rings. The van der Waals surface area contributed by atoms with E-state index in [0.29, 0.717) is 24.5 Å². The van der Waals surface area contributed by atoms with Crippen LogP contribution in [-0.4, -0.2) is 44.6 Å². The number of carbonyl (C=O) groups excluding carboxylic acids is 1. The summed E-state index contributed by atoms with van der Waals surface area (Å²) in [6, 6.07) is -0.694. The summed E-state index contributed by atoms with van der Waals surface area (Å²) < 4.78 is 0. The maximum absolute atomic E-state index is 12.9. The highest BCUT2D eigenvalue weighted by Crippen LogP contribution is 2.46. The number of thioether (sulfide) groups is 1. The molecule has 3 aliphatic rings. The molecule has 2 saturated carbocycles. The van der Waals surface area contributed by atoms with E-state index >= 15 is 0 Å². The standard InChI is InChI=1S/C14H22N2O3S/c15-14(6-2-1-3-7-14)13(19)16-10(12(17)18)8-20-11(16)9-4-5-9/h9-11H,1-8,15H2,(H,17,18). The summed E-state index contributed by atoms with van der Waals surface area (Å²) in [5.41, 5.74) is 5.50. The molecule has 3 rings (SSSR count). The van der Waals surface area contributed by atoms with Crippen molar-refractivity contribution < 1.29 is 14.7 Å². The highest BCUT2D eigenvalue weighted by molar-refractivity contribution is 8.00. The van der Waals surface area contributed by atoms with Crippen LogP contribution in [0.3, 0.4) is 0 Å². The Labute approximate surface area is 123 Å². The fourth-order valence-corrected chi connectivity index (χ4v) is 5.00. The van der Waals surface area contributed by atoms with Crippen molar-refractivity contribution in [3.8, 4) is 0 Å². The van der Waals surface area contributed by atoms with Gasteiger partial charge in [0.15, 0.2) is 0 Å². The lowest BCUT2D eigenvalue weighted by Gasteiger charge is -2.38. The largest absolute Gasteiger partial charge is 0.480 e. The quantitative estimate of drug-likeness (QED) is 0.823. The van der Waals surface area contributed by atoms with Crippen LogP contribution in [0, 0.1) is 5.92 Å². The van der Waals surface area contributed by atoms with Crippen LogP contribution in [-0.2, 0) is 9.59 Å². The molecule has 2 atom stereocenters. The first-order valence-corrected chi connectivity index (χ1v) is 8.54. The van der Waals surface area contributed by atoms with Gasteiger partial charge in [-0.2, -0.15) is 0 Å². The first-order valence-electron chi connectivity index (χ1n) is 7.49. The van der Waals surface area contributed by atoms with Gasteiger partial charge in [-0.05, 0) is 31.6 Å².